The minimum absolute atomic E-state index is 0.101. The molecule has 3 heteroatoms. The lowest BCUT2D eigenvalue weighted by Gasteiger charge is -2.31. The largest absolute Gasteiger partial charge is 0.376 e. The van der Waals surface area contributed by atoms with Gasteiger partial charge in [-0.15, -0.1) is 0 Å². The van der Waals surface area contributed by atoms with E-state index in [9.17, 15) is 0 Å². The number of halogens is 1. The van der Waals surface area contributed by atoms with E-state index in [-0.39, 0.29) is 5.60 Å². The Labute approximate surface area is 107 Å². The summed E-state index contributed by atoms with van der Waals surface area (Å²) in [6, 6.07) is 0. The highest BCUT2D eigenvalue weighted by molar-refractivity contribution is 9.09. The lowest BCUT2D eigenvalue weighted by atomic mass is 9.97. The van der Waals surface area contributed by atoms with Crippen molar-refractivity contribution in [2.24, 2.45) is 0 Å². The molecule has 2 aliphatic rings. The van der Waals surface area contributed by atoms with Crippen LogP contribution in [-0.4, -0.2) is 30.2 Å². The average Bonchev–Trinajstić information content (AvgIpc) is 3.13. The Balaban J connectivity index is 1.68. The van der Waals surface area contributed by atoms with Crippen LogP contribution in [-0.2, 0) is 9.47 Å². The van der Waals surface area contributed by atoms with E-state index in [1.807, 2.05) is 0 Å². The molecule has 0 aromatic heterocycles. The molecule has 0 atom stereocenters. The highest BCUT2D eigenvalue weighted by Gasteiger charge is 2.30. The van der Waals surface area contributed by atoms with Crippen molar-refractivity contribution in [1.82, 2.24) is 0 Å². The van der Waals surface area contributed by atoms with Gasteiger partial charge >= 0.3 is 0 Å². The summed E-state index contributed by atoms with van der Waals surface area (Å²) in [6.45, 7) is 1.54. The normalized spacial score (nSPS) is 25.3. The van der Waals surface area contributed by atoms with Gasteiger partial charge in [0.2, 0.25) is 0 Å². The molecule has 0 unspecified atom stereocenters. The zero-order valence-electron chi connectivity index (χ0n) is 10.0. The monoisotopic (exact) mass is 290 g/mol. The van der Waals surface area contributed by atoms with Crippen LogP contribution in [0, 0.1) is 0 Å². The second-order valence-corrected chi connectivity index (χ2v) is 5.71. The van der Waals surface area contributed by atoms with Crippen LogP contribution in [0.1, 0.15) is 51.4 Å². The summed E-state index contributed by atoms with van der Waals surface area (Å²) in [5, 5.41) is 0.976. The van der Waals surface area contributed by atoms with E-state index >= 15 is 0 Å². The van der Waals surface area contributed by atoms with Gasteiger partial charge in [0.25, 0.3) is 0 Å². The Morgan fingerprint density at radius 2 is 1.69 bits per heavy atom. The summed E-state index contributed by atoms with van der Waals surface area (Å²) >= 11 is 3.63. The zero-order chi connectivity index (χ0) is 11.3. The predicted octanol–water partition coefficient (Wildman–Crippen LogP) is 3.67. The van der Waals surface area contributed by atoms with Gasteiger partial charge in [-0.3, -0.25) is 0 Å². The van der Waals surface area contributed by atoms with Gasteiger partial charge < -0.3 is 9.47 Å². The van der Waals surface area contributed by atoms with E-state index in [2.05, 4.69) is 15.9 Å². The minimum atomic E-state index is 0.101. The summed E-state index contributed by atoms with van der Waals surface area (Å²) in [7, 11) is 0. The molecule has 0 aromatic rings. The van der Waals surface area contributed by atoms with Crippen LogP contribution in [0.2, 0.25) is 0 Å². The highest BCUT2D eigenvalue weighted by atomic mass is 79.9. The Hall–Kier alpha value is 0.400. The molecule has 94 valence electrons. The molecule has 0 N–H and O–H groups in total. The third kappa shape index (κ3) is 4.01. The first-order chi connectivity index (χ1) is 7.85. The second kappa shape index (κ2) is 6.36. The fourth-order valence-corrected chi connectivity index (χ4v) is 3.12. The molecular formula is C13H23BrO2. The molecule has 0 spiro atoms. The Bertz CT molecular complexity index is 196. The van der Waals surface area contributed by atoms with Crippen molar-refractivity contribution in [2.75, 3.05) is 18.5 Å². The van der Waals surface area contributed by atoms with Crippen LogP contribution < -0.4 is 0 Å². The lowest BCUT2D eigenvalue weighted by Crippen LogP contribution is -2.35. The van der Waals surface area contributed by atoms with Crippen LogP contribution in [0.15, 0.2) is 0 Å². The number of ether oxygens (including phenoxy) is 2. The van der Waals surface area contributed by atoms with E-state index in [1.165, 1.54) is 51.4 Å². The fraction of sp³-hybridized carbons (Fsp3) is 1.00. The van der Waals surface area contributed by atoms with Crippen LogP contribution in [0.5, 0.6) is 0 Å². The molecule has 2 rings (SSSR count). The maximum absolute atomic E-state index is 6.11. The summed E-state index contributed by atoms with van der Waals surface area (Å²) in [5.74, 6) is 0. The van der Waals surface area contributed by atoms with Gasteiger partial charge in [-0.1, -0.05) is 41.6 Å². The molecule has 0 bridgehead atoms. The smallest absolute Gasteiger partial charge is 0.0780 e. The first-order valence-corrected chi connectivity index (χ1v) is 7.78. The molecule has 2 aliphatic carbocycles. The summed E-state index contributed by atoms with van der Waals surface area (Å²) in [4.78, 5) is 0. The van der Waals surface area contributed by atoms with Gasteiger partial charge in [-0.05, 0) is 25.7 Å². The van der Waals surface area contributed by atoms with Crippen molar-refractivity contribution >= 4 is 15.9 Å². The third-order valence-corrected chi connectivity index (χ3v) is 4.65. The van der Waals surface area contributed by atoms with Crippen molar-refractivity contribution in [2.45, 2.75) is 63.1 Å². The summed E-state index contributed by atoms with van der Waals surface area (Å²) in [5.41, 5.74) is 0.101. The molecule has 0 heterocycles. The van der Waals surface area contributed by atoms with Gasteiger partial charge in [0.1, 0.15) is 0 Å². The lowest BCUT2D eigenvalue weighted by molar-refractivity contribution is -0.0632. The third-order valence-electron chi connectivity index (χ3n) is 3.63. The van der Waals surface area contributed by atoms with Crippen molar-refractivity contribution in [3.63, 3.8) is 0 Å². The van der Waals surface area contributed by atoms with E-state index in [1.54, 1.807) is 0 Å². The van der Waals surface area contributed by atoms with Gasteiger partial charge in [-0.2, -0.15) is 0 Å². The van der Waals surface area contributed by atoms with Gasteiger partial charge in [0.15, 0.2) is 0 Å². The van der Waals surface area contributed by atoms with Crippen LogP contribution in [0.4, 0.5) is 0 Å². The van der Waals surface area contributed by atoms with E-state index in [0.717, 1.165) is 18.5 Å². The van der Waals surface area contributed by atoms with Crippen LogP contribution in [0.25, 0.3) is 0 Å². The Morgan fingerprint density at radius 1 is 1.00 bits per heavy atom. The van der Waals surface area contributed by atoms with Crippen molar-refractivity contribution in [1.29, 1.82) is 0 Å². The molecule has 2 saturated carbocycles. The Morgan fingerprint density at radius 3 is 2.25 bits per heavy atom. The van der Waals surface area contributed by atoms with Gasteiger partial charge in [0, 0.05) is 5.33 Å². The van der Waals surface area contributed by atoms with Gasteiger partial charge in [0.05, 0.1) is 24.9 Å². The minimum Gasteiger partial charge on any atom is -0.376 e. The SMILES string of the molecule is BrCC1(OCCOC2CC2)CCCCCC1. The number of rotatable bonds is 6. The second-order valence-electron chi connectivity index (χ2n) is 5.15. The number of alkyl halides is 1. The molecule has 0 saturated heterocycles. The van der Waals surface area contributed by atoms with Crippen LogP contribution in [0.3, 0.4) is 0 Å². The van der Waals surface area contributed by atoms with Crippen LogP contribution >= 0.6 is 15.9 Å². The quantitative estimate of drug-likeness (QED) is 0.422. The maximum atomic E-state index is 6.11. The fourth-order valence-electron chi connectivity index (χ4n) is 2.40. The van der Waals surface area contributed by atoms with E-state index < -0.39 is 0 Å². The van der Waals surface area contributed by atoms with E-state index in [4.69, 9.17) is 9.47 Å². The topological polar surface area (TPSA) is 18.5 Å². The first-order valence-electron chi connectivity index (χ1n) is 6.66. The molecule has 16 heavy (non-hydrogen) atoms. The highest BCUT2D eigenvalue weighted by Crippen LogP contribution is 2.32. The molecule has 2 fully saturated rings. The molecule has 0 aromatic carbocycles. The Kier molecular flexibility index (Phi) is 5.11. The van der Waals surface area contributed by atoms with Crippen molar-refractivity contribution in [3.05, 3.63) is 0 Å². The predicted molar refractivity (Wildman–Crippen MR) is 69.2 cm³/mol. The summed E-state index contributed by atoms with van der Waals surface area (Å²) < 4.78 is 11.7. The zero-order valence-corrected chi connectivity index (χ0v) is 11.6. The number of hydrogen-bond donors (Lipinski definition) is 0. The molecule has 0 radical (unpaired) electrons. The first kappa shape index (κ1) is 12.8. The molecule has 0 amide bonds. The van der Waals surface area contributed by atoms with E-state index in [0.29, 0.717) is 6.10 Å². The molecular weight excluding hydrogens is 268 g/mol. The van der Waals surface area contributed by atoms with Crippen molar-refractivity contribution in [3.8, 4) is 0 Å². The number of hydrogen-bond acceptors (Lipinski definition) is 2. The van der Waals surface area contributed by atoms with Crippen molar-refractivity contribution < 1.29 is 9.47 Å². The molecule has 2 nitrogen and oxygen atoms in total. The summed E-state index contributed by atoms with van der Waals surface area (Å²) in [6.07, 6.45) is 10.9. The standard InChI is InChI=1S/C13H23BrO2/c14-11-13(7-3-1-2-4-8-13)16-10-9-15-12-5-6-12/h12H,1-11H2. The molecule has 0 aliphatic heterocycles. The maximum Gasteiger partial charge on any atom is 0.0780 e. The average molecular weight is 291 g/mol. The van der Waals surface area contributed by atoms with Gasteiger partial charge in [-0.25, -0.2) is 0 Å².